The Morgan fingerprint density at radius 1 is 1.40 bits per heavy atom. The van der Waals surface area contributed by atoms with Crippen molar-refractivity contribution in [3.8, 4) is 0 Å². The van der Waals surface area contributed by atoms with Crippen LogP contribution < -0.4 is 0 Å². The van der Waals surface area contributed by atoms with Crippen LogP contribution in [0.3, 0.4) is 0 Å². The van der Waals surface area contributed by atoms with Crippen LogP contribution in [0.1, 0.15) is 52.4 Å². The minimum absolute atomic E-state index is 0.194. The topological polar surface area (TPSA) is 40.5 Å². The smallest absolute Gasteiger partial charge is 0.223 e. The molecule has 15 heavy (non-hydrogen) atoms. The molecule has 1 aliphatic heterocycles. The standard InChI is InChI=1S/C12H23NO2/c1-3-11-8-7-10(2)13(11)12(15)6-4-5-9-14/h10-11,14H,3-9H2,1-2H3. The van der Waals surface area contributed by atoms with Crippen molar-refractivity contribution in [2.75, 3.05) is 6.61 Å². The van der Waals surface area contributed by atoms with Gasteiger partial charge < -0.3 is 10.0 Å². The van der Waals surface area contributed by atoms with E-state index in [1.54, 1.807) is 0 Å². The second-order valence-corrected chi connectivity index (χ2v) is 4.47. The van der Waals surface area contributed by atoms with Gasteiger partial charge in [0, 0.05) is 25.1 Å². The van der Waals surface area contributed by atoms with Crippen LogP contribution in [-0.4, -0.2) is 34.6 Å². The van der Waals surface area contributed by atoms with E-state index >= 15 is 0 Å². The van der Waals surface area contributed by atoms with Crippen LogP contribution in [0.2, 0.25) is 0 Å². The molecule has 3 nitrogen and oxygen atoms in total. The molecule has 2 atom stereocenters. The quantitative estimate of drug-likeness (QED) is 0.709. The Morgan fingerprint density at radius 3 is 2.73 bits per heavy atom. The van der Waals surface area contributed by atoms with Gasteiger partial charge in [-0.15, -0.1) is 0 Å². The number of amides is 1. The number of likely N-dealkylation sites (tertiary alicyclic amines) is 1. The minimum atomic E-state index is 0.194. The first-order valence-corrected chi connectivity index (χ1v) is 6.12. The van der Waals surface area contributed by atoms with Crippen LogP contribution in [0.4, 0.5) is 0 Å². The number of aliphatic hydroxyl groups is 1. The molecule has 1 amide bonds. The highest BCUT2D eigenvalue weighted by Gasteiger charge is 2.32. The van der Waals surface area contributed by atoms with Crippen LogP contribution in [-0.2, 0) is 4.79 Å². The average Bonchev–Trinajstić information content (AvgIpc) is 2.59. The lowest BCUT2D eigenvalue weighted by Gasteiger charge is -2.28. The van der Waals surface area contributed by atoms with E-state index in [0.29, 0.717) is 18.5 Å². The number of aliphatic hydroxyl groups excluding tert-OH is 1. The highest BCUT2D eigenvalue weighted by Crippen LogP contribution is 2.26. The molecule has 0 aromatic heterocycles. The molecule has 2 unspecified atom stereocenters. The zero-order chi connectivity index (χ0) is 11.3. The highest BCUT2D eigenvalue weighted by atomic mass is 16.3. The van der Waals surface area contributed by atoms with Crippen molar-refractivity contribution < 1.29 is 9.90 Å². The third-order valence-electron chi connectivity index (χ3n) is 3.34. The fourth-order valence-electron chi connectivity index (χ4n) is 2.44. The summed E-state index contributed by atoms with van der Waals surface area (Å²) in [6.07, 6.45) is 5.52. The molecular weight excluding hydrogens is 190 g/mol. The van der Waals surface area contributed by atoms with Crippen LogP contribution in [0, 0.1) is 0 Å². The van der Waals surface area contributed by atoms with Gasteiger partial charge in [-0.25, -0.2) is 0 Å². The summed E-state index contributed by atoms with van der Waals surface area (Å²) in [6, 6.07) is 0.873. The third-order valence-corrected chi connectivity index (χ3v) is 3.34. The summed E-state index contributed by atoms with van der Waals surface area (Å²) in [7, 11) is 0. The van der Waals surface area contributed by atoms with Crippen molar-refractivity contribution in [1.29, 1.82) is 0 Å². The van der Waals surface area contributed by atoms with Gasteiger partial charge >= 0.3 is 0 Å². The minimum Gasteiger partial charge on any atom is -0.396 e. The first-order chi connectivity index (χ1) is 7.20. The van der Waals surface area contributed by atoms with Gasteiger partial charge in [-0.05, 0) is 39.0 Å². The molecule has 0 spiro atoms. The van der Waals surface area contributed by atoms with Gasteiger partial charge in [0.05, 0.1) is 0 Å². The van der Waals surface area contributed by atoms with Crippen LogP contribution >= 0.6 is 0 Å². The molecule has 1 heterocycles. The van der Waals surface area contributed by atoms with Crippen LogP contribution in [0.15, 0.2) is 0 Å². The lowest BCUT2D eigenvalue weighted by Crippen LogP contribution is -2.39. The van der Waals surface area contributed by atoms with Crippen molar-refractivity contribution in [2.45, 2.75) is 64.5 Å². The number of hydrogen-bond acceptors (Lipinski definition) is 2. The molecule has 0 aliphatic carbocycles. The predicted molar refractivity (Wildman–Crippen MR) is 60.6 cm³/mol. The highest BCUT2D eigenvalue weighted by molar-refractivity contribution is 5.77. The number of rotatable bonds is 5. The average molecular weight is 213 g/mol. The Morgan fingerprint density at radius 2 is 2.13 bits per heavy atom. The van der Waals surface area contributed by atoms with Gasteiger partial charge in [0.1, 0.15) is 0 Å². The third kappa shape index (κ3) is 3.20. The molecule has 1 N–H and O–H groups in total. The molecule has 0 radical (unpaired) electrons. The maximum atomic E-state index is 11.9. The summed E-state index contributed by atoms with van der Waals surface area (Å²) in [5.41, 5.74) is 0. The molecule has 0 aromatic carbocycles. The molecule has 1 saturated heterocycles. The number of unbranched alkanes of at least 4 members (excludes halogenated alkanes) is 1. The lowest BCUT2D eigenvalue weighted by atomic mass is 10.1. The summed E-state index contributed by atoms with van der Waals surface area (Å²) in [5.74, 6) is 0.278. The lowest BCUT2D eigenvalue weighted by molar-refractivity contribution is -0.134. The summed E-state index contributed by atoms with van der Waals surface area (Å²) in [4.78, 5) is 14.0. The van der Waals surface area contributed by atoms with Gasteiger partial charge in [-0.2, -0.15) is 0 Å². The van der Waals surface area contributed by atoms with E-state index in [-0.39, 0.29) is 12.5 Å². The number of nitrogens with zero attached hydrogens (tertiary/aromatic N) is 1. The van der Waals surface area contributed by atoms with Gasteiger partial charge in [-0.1, -0.05) is 6.92 Å². The Balaban J connectivity index is 2.41. The molecule has 1 fully saturated rings. The second-order valence-electron chi connectivity index (χ2n) is 4.47. The van der Waals surface area contributed by atoms with Crippen LogP contribution in [0.25, 0.3) is 0 Å². The molecule has 1 aliphatic rings. The van der Waals surface area contributed by atoms with Gasteiger partial charge in [0.2, 0.25) is 5.91 Å². The Kier molecular flexibility index (Phi) is 5.09. The Bertz CT molecular complexity index is 206. The number of carbonyl (C=O) groups is 1. The van der Waals surface area contributed by atoms with E-state index < -0.39 is 0 Å². The summed E-state index contributed by atoms with van der Waals surface area (Å²) >= 11 is 0. The van der Waals surface area contributed by atoms with E-state index in [9.17, 15) is 4.79 Å². The molecular formula is C12H23NO2. The molecule has 88 valence electrons. The maximum absolute atomic E-state index is 11.9. The van der Waals surface area contributed by atoms with Gasteiger partial charge in [-0.3, -0.25) is 4.79 Å². The SMILES string of the molecule is CCC1CCC(C)N1C(=O)CCCCO. The summed E-state index contributed by atoms with van der Waals surface area (Å²) in [5, 5.41) is 8.67. The maximum Gasteiger partial charge on any atom is 0.223 e. The largest absolute Gasteiger partial charge is 0.396 e. The predicted octanol–water partition coefficient (Wildman–Crippen LogP) is 1.94. The van der Waals surface area contributed by atoms with E-state index in [0.717, 1.165) is 32.1 Å². The number of carbonyl (C=O) groups excluding carboxylic acids is 1. The zero-order valence-electron chi connectivity index (χ0n) is 9.91. The summed E-state index contributed by atoms with van der Waals surface area (Å²) in [6.45, 7) is 4.48. The zero-order valence-corrected chi connectivity index (χ0v) is 9.91. The monoisotopic (exact) mass is 213 g/mol. The van der Waals surface area contributed by atoms with Crippen molar-refractivity contribution >= 4 is 5.91 Å². The fourth-order valence-corrected chi connectivity index (χ4v) is 2.44. The van der Waals surface area contributed by atoms with Gasteiger partial charge in [0.25, 0.3) is 0 Å². The van der Waals surface area contributed by atoms with Crippen molar-refractivity contribution in [2.24, 2.45) is 0 Å². The van der Waals surface area contributed by atoms with Crippen molar-refractivity contribution in [3.05, 3.63) is 0 Å². The van der Waals surface area contributed by atoms with Crippen LogP contribution in [0.5, 0.6) is 0 Å². The van der Waals surface area contributed by atoms with E-state index in [1.165, 1.54) is 0 Å². The normalized spacial score (nSPS) is 25.9. The Labute approximate surface area is 92.5 Å². The Hall–Kier alpha value is -0.570. The first kappa shape index (κ1) is 12.5. The molecule has 0 saturated carbocycles. The molecule has 1 rings (SSSR count). The van der Waals surface area contributed by atoms with Crippen molar-refractivity contribution in [1.82, 2.24) is 4.90 Å². The van der Waals surface area contributed by atoms with E-state index in [2.05, 4.69) is 18.7 Å². The first-order valence-electron chi connectivity index (χ1n) is 6.12. The summed E-state index contributed by atoms with van der Waals surface area (Å²) < 4.78 is 0. The van der Waals surface area contributed by atoms with E-state index in [1.807, 2.05) is 0 Å². The second kappa shape index (κ2) is 6.11. The van der Waals surface area contributed by atoms with Crippen molar-refractivity contribution in [3.63, 3.8) is 0 Å². The molecule has 0 aromatic rings. The fraction of sp³-hybridized carbons (Fsp3) is 0.917. The van der Waals surface area contributed by atoms with Gasteiger partial charge in [0.15, 0.2) is 0 Å². The molecule has 0 bridgehead atoms. The van der Waals surface area contributed by atoms with E-state index in [4.69, 9.17) is 5.11 Å². The molecule has 3 heteroatoms. The number of hydrogen-bond donors (Lipinski definition) is 1.